The number of hydrogen-bond donors (Lipinski definition) is 0. The number of anilines is 3. The Labute approximate surface area is 907 Å². The van der Waals surface area contributed by atoms with Gasteiger partial charge >= 0.3 is 59.4 Å². The minimum Gasteiger partial charge on any atom is -0.454 e. The molecule has 9 aliphatic rings. The van der Waals surface area contributed by atoms with E-state index in [0.29, 0.717) is 52.1 Å². The van der Waals surface area contributed by atoms with Crippen LogP contribution in [0, 0.1) is 207 Å². The molecule has 21 rings (SSSR count). The third-order valence-electron chi connectivity index (χ3n) is 37.1. The van der Waals surface area contributed by atoms with E-state index in [1.807, 2.05) is 43.3 Å². The molecule has 0 N–H and O–H groups in total. The zero-order chi connectivity index (χ0) is 96.1. The molecule has 3 aromatic heterocycles. The average molecular weight is 2470 g/mol. The van der Waals surface area contributed by atoms with Crippen LogP contribution in [0.4, 0.5) is 21.5 Å². The predicted molar refractivity (Wildman–Crippen MR) is 610 cm³/mol. The Morgan fingerprint density at radius 2 is 0.538 bits per heavy atom. The van der Waals surface area contributed by atoms with Crippen molar-refractivity contribution in [2.24, 2.45) is 94.7 Å². The van der Waals surface area contributed by atoms with Crippen molar-refractivity contribution >= 4 is 100.0 Å². The molecule has 9 nitrogen and oxygen atoms in total. The van der Waals surface area contributed by atoms with Gasteiger partial charge in [-0.05, 0) is 312 Å². The molecule has 6 saturated carbocycles. The first-order valence-corrected chi connectivity index (χ1v) is 52.3. The van der Waals surface area contributed by atoms with Crippen LogP contribution in [0.3, 0.4) is 0 Å². The Balaban J connectivity index is 0.000000253. The third kappa shape index (κ3) is 23.0. The molecular weight excluding hydrogens is 2280 g/mol. The predicted octanol–water partition coefficient (Wildman–Crippen LogP) is 37.4. The maximum Gasteiger partial charge on any atom is 2.00 e. The van der Waals surface area contributed by atoms with E-state index in [0.717, 1.165) is 122 Å². The van der Waals surface area contributed by atoms with Crippen molar-refractivity contribution in [3.05, 3.63) is 292 Å². The normalized spacial score (nSPS) is 26.7. The minimum absolute atomic E-state index is 0. The number of benzene rings is 9. The Hall–Kier alpha value is -7.76. The zero-order valence-electron chi connectivity index (χ0n) is 94.8. The largest absolute Gasteiger partial charge is 2.00 e. The number of nitrogens with zero attached hydrogens (tertiary/aromatic N) is 6. The summed E-state index contributed by atoms with van der Waals surface area (Å²) >= 11 is 0. The summed E-state index contributed by atoms with van der Waals surface area (Å²) in [4.78, 5) is 14.2. The second-order valence-electron chi connectivity index (χ2n) is 44.8. The van der Waals surface area contributed by atoms with Crippen molar-refractivity contribution in [1.29, 1.82) is 0 Å². The van der Waals surface area contributed by atoms with Crippen LogP contribution >= 0.6 is 0 Å². The van der Waals surface area contributed by atoms with Crippen molar-refractivity contribution in [2.75, 3.05) is 35.8 Å². The van der Waals surface area contributed by atoms with E-state index in [9.17, 15) is 0 Å². The van der Waals surface area contributed by atoms with Crippen LogP contribution in [0.1, 0.15) is 303 Å². The van der Waals surface area contributed by atoms with Gasteiger partial charge in [-0.25, -0.2) is 4.39 Å². The summed E-state index contributed by atoms with van der Waals surface area (Å²) in [7, 11) is 6.60. The van der Waals surface area contributed by atoms with Gasteiger partial charge in [-0.1, -0.05) is 271 Å². The SMILES string of the molecule is C1CCCC1.CC1CC(C)C(C)C1C.CC1CC(C)C(C)C1C.Cc1cc(C2C(C)C(C)C(C)C2C)cc(C)c1C1=CN(c2c(C)cc(F)c3c2oc2ccccc23)[C@H](C)N1C.Cc1cc(C2C(C)C(C)C(C)C2C)cc(C)c1C1=CN(c2c(C)ccc3c2oc2ccccc23)[C@H](C)N1C.Cc1cc(C2CCCC2)cc(C)c1C1=CN(c2c(C)ccc3c2oc2ccccc23)[C@H](C)N1C.[CH3-].[CH3-].[CH3-].[CH3-].[CH3-].[CH3-].[Os+2].[Os+2].[Os+2]. The third-order valence-corrected chi connectivity index (χ3v) is 37.1. The summed E-state index contributed by atoms with van der Waals surface area (Å²) in [6.45, 7) is 65.4. The summed E-state index contributed by atoms with van der Waals surface area (Å²) in [6, 6.07) is 49.7. The fraction of sp³-hybridized carbons (Fsp3) is 0.492. The van der Waals surface area contributed by atoms with Gasteiger partial charge in [0.15, 0.2) is 16.7 Å². The molecule has 19 atom stereocenters. The molecule has 6 aliphatic carbocycles. The molecule has 0 bridgehead atoms. The van der Waals surface area contributed by atoms with Crippen LogP contribution < -0.4 is 14.7 Å². The molecule has 6 heterocycles. The number of furan rings is 3. The quantitative estimate of drug-likeness (QED) is 0.132. The van der Waals surface area contributed by atoms with Crippen LogP contribution in [0.2, 0.25) is 0 Å². The molecule has 143 heavy (non-hydrogen) atoms. The van der Waals surface area contributed by atoms with Gasteiger partial charge in [0.1, 0.15) is 41.1 Å². The van der Waals surface area contributed by atoms with Gasteiger partial charge in [0.05, 0.1) is 39.5 Å². The van der Waals surface area contributed by atoms with E-state index >= 15 is 4.39 Å². The second-order valence-corrected chi connectivity index (χ2v) is 44.8. The van der Waals surface area contributed by atoms with E-state index in [2.05, 4.69) is 353 Å². The van der Waals surface area contributed by atoms with Gasteiger partial charge in [0.25, 0.3) is 0 Å². The molecule has 0 radical (unpaired) electrons. The van der Waals surface area contributed by atoms with E-state index < -0.39 is 0 Å². The van der Waals surface area contributed by atoms with Crippen LogP contribution in [0.25, 0.3) is 82.9 Å². The molecule has 16 unspecified atom stereocenters. The summed E-state index contributed by atoms with van der Waals surface area (Å²) in [5, 5.41) is 6.09. The van der Waals surface area contributed by atoms with Crippen molar-refractivity contribution in [1.82, 2.24) is 14.7 Å². The molecular formula is C130H181FN6O3Os3. The first kappa shape index (κ1) is 122. The molecule has 0 spiro atoms. The van der Waals surface area contributed by atoms with Crippen molar-refractivity contribution < 1.29 is 77.0 Å². The van der Waals surface area contributed by atoms with Crippen LogP contribution in [-0.4, -0.2) is 54.3 Å². The Bertz CT molecular complexity index is 6240. The van der Waals surface area contributed by atoms with Crippen molar-refractivity contribution in [3.8, 4) is 0 Å². The van der Waals surface area contributed by atoms with Gasteiger partial charge in [-0.15, -0.1) is 0 Å². The Morgan fingerprint density at radius 3 is 0.832 bits per heavy atom. The number of rotatable bonds is 9. The molecule has 780 valence electrons. The van der Waals surface area contributed by atoms with Gasteiger partial charge in [-0.3, -0.25) is 0 Å². The van der Waals surface area contributed by atoms with E-state index in [1.54, 1.807) is 6.07 Å². The molecule has 13 heteroatoms. The number of hydrogen-bond acceptors (Lipinski definition) is 9. The number of fused-ring (bicyclic) bond motifs is 9. The first-order chi connectivity index (χ1) is 63.8. The van der Waals surface area contributed by atoms with Gasteiger partial charge in [0, 0.05) is 83.4 Å². The fourth-order valence-corrected chi connectivity index (χ4v) is 26.8. The zero-order valence-corrected chi connectivity index (χ0v) is 102. The van der Waals surface area contributed by atoms with E-state index in [4.69, 9.17) is 13.3 Å². The van der Waals surface area contributed by atoms with Crippen molar-refractivity contribution in [2.45, 2.75) is 301 Å². The summed E-state index contributed by atoms with van der Waals surface area (Å²) in [6.07, 6.45) is 23.2. The maximum absolute atomic E-state index is 15.3. The molecule has 3 aliphatic heterocycles. The Kier molecular flexibility index (Phi) is 42.7. The molecule has 0 saturated heterocycles. The molecule has 9 aromatic carbocycles. The molecule has 0 amide bonds. The van der Waals surface area contributed by atoms with E-state index in [-0.39, 0.29) is 128 Å². The summed E-state index contributed by atoms with van der Waals surface area (Å²) < 4.78 is 34.5. The molecule has 12 aromatic rings. The van der Waals surface area contributed by atoms with Crippen LogP contribution in [0.15, 0.2) is 171 Å². The monoisotopic (exact) mass is 2470 g/mol. The average Bonchev–Trinajstić information content (AvgIpc) is 1.60. The maximum atomic E-state index is 15.3. The van der Waals surface area contributed by atoms with Crippen molar-refractivity contribution in [3.63, 3.8) is 0 Å². The smallest absolute Gasteiger partial charge is 0.454 e. The summed E-state index contributed by atoms with van der Waals surface area (Å²) in [5.74, 6) is 15.2. The van der Waals surface area contributed by atoms with Gasteiger partial charge in [-0.2, -0.15) is 0 Å². The number of halogens is 1. The van der Waals surface area contributed by atoms with Crippen LogP contribution in [-0.2, 0) is 59.4 Å². The standard InChI is InChI=1S/C35H41FN2O.C35H42N2O.C31H34N2O.2C9H18.C5H10.6CH3.3Os/c1-18-14-26(32-23(6)21(4)22(5)24(32)7)15-19(2)31(18)29-17-38(25(8)37(29)9)34-20(3)16-28(36)33-27-12-10-11-13-30(27)39-35(33)34;1-19-14-15-29-28-12-10-11-13-31(28)38-35(29)34(19)37-18-30(36(9)26(37)8)32-20(2)16-27(17-21(32)3)33-24(6)22(4)23(5)25(33)7;1-19-14-15-26-25-12-8-9-13-28(25)34-31(26)30(19)33-18-27(32(5)22(33)4)29-20(2)16-24(17-21(29)3)23-10-6-7-11-23;2*1-6-5-7(2)9(4)8(6)3;1-2-4-5-3-1;;;;;;;;;/h10-17,21-25,32H,1-9H3;10-18,22-26,33H,1-9H3;8-9,12-18,22-23H,6-7,10-11H2,1-5H3;2*6-9H,5H2,1-4H3;1-5H2;6*1H3;;;/q;;;;;;6*-1;3*+2/t21?,22?,23?,24?,25-,32?;22?,23?,24?,25?,26-,33?;22-;;;;;;;;;;;;/m111............/s1. The van der Waals surface area contributed by atoms with Gasteiger partial charge in [0.2, 0.25) is 0 Å². The van der Waals surface area contributed by atoms with E-state index in [1.165, 1.54) is 193 Å². The summed E-state index contributed by atoms with van der Waals surface area (Å²) in [5.41, 5.74) is 32.2. The second kappa shape index (κ2) is 50.0. The van der Waals surface area contributed by atoms with Crippen LogP contribution in [0.5, 0.6) is 0 Å². The topological polar surface area (TPSA) is 58.9 Å². The Morgan fingerprint density at radius 1 is 0.273 bits per heavy atom. The minimum atomic E-state index is -0.234. The number of para-hydroxylation sites is 3. The number of aryl methyl sites for hydroxylation is 9. The molecule has 6 fully saturated rings. The fourth-order valence-electron chi connectivity index (χ4n) is 26.8. The first-order valence-electron chi connectivity index (χ1n) is 52.3. The van der Waals surface area contributed by atoms with Gasteiger partial charge < -0.3 is 87.2 Å².